The molecular weight excluding hydrogens is 300 g/mol. The number of nitrogens with zero attached hydrogens (tertiary/aromatic N) is 1. The first-order valence-corrected chi connectivity index (χ1v) is 7.65. The summed E-state index contributed by atoms with van der Waals surface area (Å²) in [6.07, 6.45) is 1.41. The van der Waals surface area contributed by atoms with Crippen molar-refractivity contribution in [2.45, 2.75) is 6.61 Å². The summed E-state index contributed by atoms with van der Waals surface area (Å²) in [5.41, 5.74) is 3.84. The highest BCUT2D eigenvalue weighted by Crippen LogP contribution is 2.21. The van der Waals surface area contributed by atoms with Crippen LogP contribution in [-0.4, -0.2) is 11.4 Å². The Hall–Kier alpha value is -3.27. The molecule has 0 spiro atoms. The molecule has 4 nitrogen and oxygen atoms in total. The summed E-state index contributed by atoms with van der Waals surface area (Å²) in [5.74, 6) is 0.782. The first-order chi connectivity index (χ1) is 11.8. The molecule has 4 heteroatoms. The molecule has 0 saturated heterocycles. The molecule has 0 saturated carbocycles. The van der Waals surface area contributed by atoms with Gasteiger partial charge in [0.05, 0.1) is 6.21 Å². The summed E-state index contributed by atoms with van der Waals surface area (Å²) in [5, 5.41) is 15.1. The molecule has 3 rings (SSSR count). The van der Waals surface area contributed by atoms with Crippen LogP contribution >= 0.6 is 0 Å². The number of oxime groups is 1. The Morgan fingerprint density at radius 3 is 2.25 bits per heavy atom. The molecular formula is C20H18N2O2. The van der Waals surface area contributed by atoms with Crippen LogP contribution in [0.4, 0.5) is 11.4 Å². The maximum atomic E-state index is 8.70. The molecule has 3 aromatic rings. The monoisotopic (exact) mass is 318 g/mol. The van der Waals surface area contributed by atoms with Gasteiger partial charge in [0.15, 0.2) is 0 Å². The Morgan fingerprint density at radius 1 is 0.833 bits per heavy atom. The van der Waals surface area contributed by atoms with E-state index in [2.05, 4.69) is 10.5 Å². The zero-order valence-corrected chi connectivity index (χ0v) is 13.1. The van der Waals surface area contributed by atoms with Gasteiger partial charge in [0.25, 0.3) is 0 Å². The van der Waals surface area contributed by atoms with E-state index < -0.39 is 0 Å². The van der Waals surface area contributed by atoms with Gasteiger partial charge in [-0.15, -0.1) is 0 Å². The second kappa shape index (κ2) is 7.83. The second-order valence-electron chi connectivity index (χ2n) is 5.25. The normalized spacial score (nSPS) is 10.7. The summed E-state index contributed by atoms with van der Waals surface area (Å²) in [4.78, 5) is 0. The minimum Gasteiger partial charge on any atom is -0.489 e. The number of benzene rings is 3. The number of anilines is 2. The lowest BCUT2D eigenvalue weighted by Gasteiger charge is -2.10. The lowest BCUT2D eigenvalue weighted by atomic mass is 10.1. The van der Waals surface area contributed by atoms with E-state index in [1.807, 2.05) is 78.9 Å². The third-order valence-corrected chi connectivity index (χ3v) is 3.56. The summed E-state index contributed by atoms with van der Waals surface area (Å²) in [6.45, 7) is 0.410. The summed E-state index contributed by atoms with van der Waals surface area (Å²) >= 11 is 0. The molecule has 0 fully saturated rings. The average molecular weight is 318 g/mol. The van der Waals surface area contributed by atoms with E-state index in [4.69, 9.17) is 9.94 Å². The summed E-state index contributed by atoms with van der Waals surface area (Å²) < 4.78 is 5.81. The van der Waals surface area contributed by atoms with E-state index >= 15 is 0 Å². The minimum atomic E-state index is 0.410. The second-order valence-corrected chi connectivity index (χ2v) is 5.25. The predicted molar refractivity (Wildman–Crippen MR) is 96.3 cm³/mol. The van der Waals surface area contributed by atoms with Gasteiger partial charge in [-0.3, -0.25) is 0 Å². The SMILES string of the molecule is O/N=C/c1ccccc1COc1ccc(Nc2ccccc2)cc1. The molecule has 0 radical (unpaired) electrons. The largest absolute Gasteiger partial charge is 0.489 e. The van der Waals surface area contributed by atoms with Gasteiger partial charge in [-0.05, 0) is 42.0 Å². The molecule has 0 heterocycles. The number of nitrogens with one attached hydrogen (secondary N) is 1. The standard InChI is InChI=1S/C20H18N2O2/c23-21-14-16-6-4-5-7-17(16)15-24-20-12-10-19(11-13-20)22-18-8-2-1-3-9-18/h1-14,22-23H,15H2/b21-14+. The van der Waals surface area contributed by atoms with Crippen molar-refractivity contribution in [3.63, 3.8) is 0 Å². The van der Waals surface area contributed by atoms with Crippen molar-refractivity contribution in [3.8, 4) is 5.75 Å². The average Bonchev–Trinajstić information content (AvgIpc) is 2.63. The molecule has 0 bridgehead atoms. The lowest BCUT2D eigenvalue weighted by molar-refractivity contribution is 0.305. The van der Waals surface area contributed by atoms with Crippen molar-refractivity contribution in [3.05, 3.63) is 90.0 Å². The van der Waals surface area contributed by atoms with E-state index in [1.54, 1.807) is 0 Å². The van der Waals surface area contributed by atoms with Gasteiger partial charge in [-0.2, -0.15) is 0 Å². The molecule has 0 aliphatic rings. The van der Waals surface area contributed by atoms with Crippen LogP contribution in [0.2, 0.25) is 0 Å². The molecule has 2 N–H and O–H groups in total. The molecule has 0 atom stereocenters. The quantitative estimate of drug-likeness (QED) is 0.389. The fraction of sp³-hybridized carbons (Fsp3) is 0.0500. The lowest BCUT2D eigenvalue weighted by Crippen LogP contribution is -1.99. The Morgan fingerprint density at radius 2 is 1.50 bits per heavy atom. The molecule has 24 heavy (non-hydrogen) atoms. The molecule has 3 aromatic carbocycles. The van der Waals surface area contributed by atoms with Crippen LogP contribution in [0.25, 0.3) is 0 Å². The van der Waals surface area contributed by atoms with E-state index in [0.717, 1.165) is 28.3 Å². The van der Waals surface area contributed by atoms with Crippen LogP contribution in [0, 0.1) is 0 Å². The van der Waals surface area contributed by atoms with Gasteiger partial charge in [0, 0.05) is 16.9 Å². The van der Waals surface area contributed by atoms with Crippen LogP contribution in [0.3, 0.4) is 0 Å². The van der Waals surface area contributed by atoms with Crippen molar-refractivity contribution in [1.29, 1.82) is 0 Å². The minimum absolute atomic E-state index is 0.410. The topological polar surface area (TPSA) is 53.9 Å². The molecule has 0 unspecified atom stereocenters. The third-order valence-electron chi connectivity index (χ3n) is 3.56. The van der Waals surface area contributed by atoms with Crippen LogP contribution in [0.5, 0.6) is 5.75 Å². The number of rotatable bonds is 6. The maximum Gasteiger partial charge on any atom is 0.119 e. The van der Waals surface area contributed by atoms with E-state index in [-0.39, 0.29) is 0 Å². The fourth-order valence-electron chi connectivity index (χ4n) is 2.34. The number of para-hydroxylation sites is 1. The van der Waals surface area contributed by atoms with Gasteiger partial charge >= 0.3 is 0 Å². The third kappa shape index (κ3) is 4.14. The Bertz CT molecular complexity index is 799. The molecule has 0 amide bonds. The molecule has 0 aromatic heterocycles. The van der Waals surface area contributed by atoms with Crippen molar-refractivity contribution in [1.82, 2.24) is 0 Å². The zero-order valence-electron chi connectivity index (χ0n) is 13.1. The van der Waals surface area contributed by atoms with E-state index in [0.29, 0.717) is 6.61 Å². The van der Waals surface area contributed by atoms with Gasteiger partial charge < -0.3 is 15.3 Å². The Balaban J connectivity index is 1.63. The summed E-state index contributed by atoms with van der Waals surface area (Å²) in [6, 6.07) is 25.5. The Labute approximate surface area is 141 Å². The van der Waals surface area contributed by atoms with Gasteiger partial charge in [-0.25, -0.2) is 0 Å². The first-order valence-electron chi connectivity index (χ1n) is 7.65. The highest BCUT2D eigenvalue weighted by molar-refractivity contribution is 5.81. The van der Waals surface area contributed by atoms with Crippen LogP contribution in [0.15, 0.2) is 84.0 Å². The smallest absolute Gasteiger partial charge is 0.119 e. The number of ether oxygens (including phenoxy) is 1. The first kappa shape index (κ1) is 15.6. The molecule has 0 aliphatic carbocycles. The fourth-order valence-corrected chi connectivity index (χ4v) is 2.34. The molecule has 120 valence electrons. The number of hydrogen-bond donors (Lipinski definition) is 2. The van der Waals surface area contributed by atoms with Gasteiger partial charge in [-0.1, -0.05) is 47.6 Å². The summed E-state index contributed by atoms with van der Waals surface area (Å²) in [7, 11) is 0. The highest BCUT2D eigenvalue weighted by Gasteiger charge is 2.02. The maximum absolute atomic E-state index is 8.70. The van der Waals surface area contributed by atoms with Crippen molar-refractivity contribution in [2.24, 2.45) is 5.16 Å². The van der Waals surface area contributed by atoms with Crippen molar-refractivity contribution in [2.75, 3.05) is 5.32 Å². The van der Waals surface area contributed by atoms with Gasteiger partial charge in [0.2, 0.25) is 0 Å². The highest BCUT2D eigenvalue weighted by atomic mass is 16.5. The van der Waals surface area contributed by atoms with E-state index in [9.17, 15) is 0 Å². The number of hydrogen-bond acceptors (Lipinski definition) is 4. The van der Waals surface area contributed by atoms with Crippen molar-refractivity contribution < 1.29 is 9.94 Å². The zero-order chi connectivity index (χ0) is 16.6. The van der Waals surface area contributed by atoms with Crippen molar-refractivity contribution >= 4 is 17.6 Å². The predicted octanol–water partition coefficient (Wildman–Crippen LogP) is 4.82. The van der Waals surface area contributed by atoms with Crippen LogP contribution in [-0.2, 0) is 6.61 Å². The van der Waals surface area contributed by atoms with Crippen LogP contribution in [0.1, 0.15) is 11.1 Å². The molecule has 0 aliphatic heterocycles. The van der Waals surface area contributed by atoms with Gasteiger partial charge in [0.1, 0.15) is 12.4 Å². The van der Waals surface area contributed by atoms with Crippen LogP contribution < -0.4 is 10.1 Å². The van der Waals surface area contributed by atoms with E-state index in [1.165, 1.54) is 6.21 Å². The Kier molecular flexibility index (Phi) is 5.10.